The molecule has 130 valence electrons. The quantitative estimate of drug-likeness (QED) is 0.604. The molecule has 22 heavy (non-hydrogen) atoms. The number of sulfonamides is 2. The molecular formula is C12H26N4O4S2. The van der Waals surface area contributed by atoms with Gasteiger partial charge in [-0.2, -0.15) is 0 Å². The third-order valence-corrected chi connectivity index (χ3v) is 6.87. The lowest BCUT2D eigenvalue weighted by Gasteiger charge is -2.42. The number of hydrogen-bond acceptors (Lipinski definition) is 6. The topological polar surface area (TPSA) is 113 Å². The second-order valence-corrected chi connectivity index (χ2v) is 11.4. The molecule has 2 aliphatic rings. The van der Waals surface area contributed by atoms with E-state index in [-0.39, 0.29) is 30.4 Å². The van der Waals surface area contributed by atoms with Crippen LogP contribution in [0.3, 0.4) is 0 Å². The van der Waals surface area contributed by atoms with Crippen LogP contribution in [0.5, 0.6) is 0 Å². The van der Waals surface area contributed by atoms with Gasteiger partial charge in [0.2, 0.25) is 20.0 Å². The Balaban J connectivity index is 1.71. The molecule has 2 saturated heterocycles. The van der Waals surface area contributed by atoms with Crippen LogP contribution in [0.15, 0.2) is 0 Å². The minimum Gasteiger partial charge on any atom is -0.300 e. The van der Waals surface area contributed by atoms with E-state index in [1.54, 1.807) is 4.90 Å². The highest BCUT2D eigenvalue weighted by Crippen LogP contribution is 2.22. The van der Waals surface area contributed by atoms with E-state index in [4.69, 9.17) is 5.14 Å². The fourth-order valence-corrected chi connectivity index (χ4v) is 4.93. The molecule has 3 N–H and O–H groups in total. The molecule has 0 spiro atoms. The predicted molar refractivity (Wildman–Crippen MR) is 85.1 cm³/mol. The number of primary sulfonamides is 1. The average molecular weight is 354 g/mol. The van der Waals surface area contributed by atoms with Crippen molar-refractivity contribution in [3.63, 3.8) is 0 Å². The van der Waals surface area contributed by atoms with Gasteiger partial charge in [-0.1, -0.05) is 20.8 Å². The summed E-state index contributed by atoms with van der Waals surface area (Å²) in [6.07, 6.45) is 0. The van der Waals surface area contributed by atoms with Gasteiger partial charge in [-0.05, 0) is 5.41 Å². The van der Waals surface area contributed by atoms with Gasteiger partial charge in [-0.25, -0.2) is 26.7 Å². The highest BCUT2D eigenvalue weighted by atomic mass is 32.2. The molecule has 0 aromatic heterocycles. The summed E-state index contributed by atoms with van der Waals surface area (Å²) in [5.74, 6) is 0. The molecule has 0 aromatic carbocycles. The highest BCUT2D eigenvalue weighted by Gasteiger charge is 2.40. The Morgan fingerprint density at radius 3 is 1.95 bits per heavy atom. The molecule has 0 aromatic rings. The molecule has 0 aliphatic carbocycles. The molecule has 0 radical (unpaired) electrons. The first-order chi connectivity index (χ1) is 9.87. The van der Waals surface area contributed by atoms with E-state index < -0.39 is 25.3 Å². The molecule has 0 atom stereocenters. The molecule has 0 amide bonds. The summed E-state index contributed by atoms with van der Waals surface area (Å²) >= 11 is 0. The number of rotatable bonds is 6. The van der Waals surface area contributed by atoms with Gasteiger partial charge in [-0.15, -0.1) is 0 Å². The number of nitrogens with two attached hydrogens (primary N) is 1. The van der Waals surface area contributed by atoms with Gasteiger partial charge in [0, 0.05) is 32.7 Å². The summed E-state index contributed by atoms with van der Waals surface area (Å²) in [5.41, 5.74) is 0.155. The molecule has 0 unspecified atom stereocenters. The maximum atomic E-state index is 12.1. The highest BCUT2D eigenvalue weighted by molar-refractivity contribution is 7.90. The lowest BCUT2D eigenvalue weighted by atomic mass is 9.94. The SMILES string of the molecule is CC(C)(C)CN1CC(S(=O)(=O)NCN2CC(S(N)(=O)=O)C2)C1. The van der Waals surface area contributed by atoms with E-state index in [2.05, 4.69) is 30.4 Å². The summed E-state index contributed by atoms with van der Waals surface area (Å²) in [6.45, 7) is 9.05. The summed E-state index contributed by atoms with van der Waals surface area (Å²) < 4.78 is 49.0. The smallest absolute Gasteiger partial charge is 0.218 e. The van der Waals surface area contributed by atoms with Gasteiger partial charge in [0.1, 0.15) is 10.5 Å². The number of nitrogens with one attached hydrogen (secondary N) is 1. The van der Waals surface area contributed by atoms with Gasteiger partial charge < -0.3 is 4.90 Å². The number of hydrogen-bond donors (Lipinski definition) is 2. The normalized spacial score (nSPS) is 23.3. The first-order valence-electron chi connectivity index (χ1n) is 7.32. The molecule has 10 heteroatoms. The molecule has 0 bridgehead atoms. The van der Waals surface area contributed by atoms with Gasteiger partial charge in [0.05, 0.1) is 6.67 Å². The van der Waals surface area contributed by atoms with Crippen molar-refractivity contribution in [1.29, 1.82) is 0 Å². The van der Waals surface area contributed by atoms with Gasteiger partial charge >= 0.3 is 0 Å². The van der Waals surface area contributed by atoms with E-state index in [0.29, 0.717) is 13.1 Å². The van der Waals surface area contributed by atoms with E-state index in [1.165, 1.54) is 0 Å². The maximum absolute atomic E-state index is 12.1. The van der Waals surface area contributed by atoms with Crippen LogP contribution in [0.2, 0.25) is 0 Å². The Hall–Kier alpha value is -0.260. The van der Waals surface area contributed by atoms with Crippen LogP contribution in [0.25, 0.3) is 0 Å². The largest absolute Gasteiger partial charge is 0.300 e. The molecule has 2 heterocycles. The second kappa shape index (κ2) is 5.99. The van der Waals surface area contributed by atoms with E-state index in [0.717, 1.165) is 6.54 Å². The molecule has 0 saturated carbocycles. The maximum Gasteiger partial charge on any atom is 0.218 e. The van der Waals surface area contributed by atoms with E-state index in [9.17, 15) is 16.8 Å². The van der Waals surface area contributed by atoms with Crippen molar-refractivity contribution in [2.45, 2.75) is 31.3 Å². The number of nitrogens with zero attached hydrogens (tertiary/aromatic N) is 2. The average Bonchev–Trinajstić information content (AvgIpc) is 2.16. The predicted octanol–water partition coefficient (Wildman–Crippen LogP) is -1.43. The van der Waals surface area contributed by atoms with Crippen molar-refractivity contribution in [2.24, 2.45) is 10.6 Å². The van der Waals surface area contributed by atoms with Gasteiger partial charge in [0.25, 0.3) is 0 Å². The standard InChI is InChI=1S/C12H26N4O4S2/c1-12(2,3)8-15-6-11(7-15)22(19,20)14-9-16-4-10(5-16)21(13,17)18/h10-11,14H,4-9H2,1-3H3,(H2,13,17,18). The Morgan fingerprint density at radius 2 is 1.50 bits per heavy atom. The Kier molecular flexibility index (Phi) is 4.92. The summed E-state index contributed by atoms with van der Waals surface area (Å²) in [6, 6.07) is 0. The van der Waals surface area contributed by atoms with Crippen LogP contribution < -0.4 is 9.86 Å². The minimum absolute atomic E-state index is 0.143. The fraction of sp³-hybridized carbons (Fsp3) is 1.00. The van der Waals surface area contributed by atoms with Crippen molar-refractivity contribution in [3.8, 4) is 0 Å². The first-order valence-corrected chi connectivity index (χ1v) is 10.5. The lowest BCUT2D eigenvalue weighted by Crippen LogP contribution is -2.62. The fourth-order valence-electron chi connectivity index (χ4n) is 2.68. The van der Waals surface area contributed by atoms with Crippen molar-refractivity contribution in [1.82, 2.24) is 14.5 Å². The Morgan fingerprint density at radius 1 is 1.00 bits per heavy atom. The van der Waals surface area contributed by atoms with Gasteiger partial charge in [0.15, 0.2) is 0 Å². The zero-order valence-electron chi connectivity index (χ0n) is 13.3. The molecule has 8 nitrogen and oxygen atoms in total. The van der Waals surface area contributed by atoms with Crippen molar-refractivity contribution in [3.05, 3.63) is 0 Å². The first kappa shape index (κ1) is 18.1. The van der Waals surface area contributed by atoms with Crippen LogP contribution in [0.4, 0.5) is 0 Å². The van der Waals surface area contributed by atoms with E-state index >= 15 is 0 Å². The molecule has 2 aliphatic heterocycles. The van der Waals surface area contributed by atoms with Gasteiger partial charge in [-0.3, -0.25) is 4.90 Å². The van der Waals surface area contributed by atoms with Crippen LogP contribution in [-0.2, 0) is 20.0 Å². The Labute approximate surface area is 133 Å². The second-order valence-electron chi connectivity index (χ2n) is 7.47. The summed E-state index contributed by atoms with van der Waals surface area (Å²) in [7, 11) is -6.86. The van der Waals surface area contributed by atoms with E-state index in [1.807, 2.05) is 0 Å². The third-order valence-electron chi connectivity index (χ3n) is 3.94. The van der Waals surface area contributed by atoms with Crippen molar-refractivity contribution < 1.29 is 16.8 Å². The molecule has 2 rings (SSSR count). The summed E-state index contributed by atoms with van der Waals surface area (Å²) in [4.78, 5) is 3.85. The Bertz CT molecular complexity index is 600. The van der Waals surface area contributed by atoms with Crippen LogP contribution in [0.1, 0.15) is 20.8 Å². The number of likely N-dealkylation sites (tertiary alicyclic amines) is 2. The molecule has 2 fully saturated rings. The zero-order valence-corrected chi connectivity index (χ0v) is 15.0. The van der Waals surface area contributed by atoms with Crippen LogP contribution in [0, 0.1) is 5.41 Å². The monoisotopic (exact) mass is 354 g/mol. The van der Waals surface area contributed by atoms with Crippen molar-refractivity contribution >= 4 is 20.0 Å². The summed E-state index contributed by atoms with van der Waals surface area (Å²) in [5, 5.41) is 4.07. The minimum atomic E-state index is -3.51. The van der Waals surface area contributed by atoms with Crippen LogP contribution in [-0.4, -0.2) is 76.5 Å². The van der Waals surface area contributed by atoms with Crippen LogP contribution >= 0.6 is 0 Å². The third kappa shape index (κ3) is 4.62. The molecular weight excluding hydrogens is 328 g/mol. The van der Waals surface area contributed by atoms with Crippen molar-refractivity contribution in [2.75, 3.05) is 39.4 Å². The lowest BCUT2D eigenvalue weighted by molar-refractivity contribution is 0.126. The zero-order chi connectivity index (χ0) is 16.8.